The van der Waals surface area contributed by atoms with Crippen molar-refractivity contribution >= 4 is 23.5 Å². The normalized spacial score (nSPS) is 19.7. The fourth-order valence-electron chi connectivity index (χ4n) is 6.01. The molecule has 2 aliphatic rings. The van der Waals surface area contributed by atoms with Gasteiger partial charge in [-0.15, -0.1) is 0 Å². The molecule has 0 saturated heterocycles. The summed E-state index contributed by atoms with van der Waals surface area (Å²) in [5.41, 5.74) is -7.22. The van der Waals surface area contributed by atoms with E-state index in [0.717, 1.165) is 0 Å². The topological polar surface area (TPSA) is 129 Å². The average Bonchev–Trinajstić information content (AvgIpc) is 3.63. The summed E-state index contributed by atoms with van der Waals surface area (Å²) < 4.78 is 52.7. The molecule has 1 aliphatic heterocycles. The minimum absolute atomic E-state index is 0.0388. The van der Waals surface area contributed by atoms with Crippen molar-refractivity contribution in [1.29, 1.82) is 0 Å². The number of carboxylic acids is 1. The third-order valence-electron chi connectivity index (χ3n) is 7.94. The Bertz CT molecular complexity index is 1480. The van der Waals surface area contributed by atoms with Crippen molar-refractivity contribution in [3.05, 3.63) is 82.8 Å². The van der Waals surface area contributed by atoms with E-state index in [1.54, 1.807) is 36.4 Å². The number of halogens is 3. The van der Waals surface area contributed by atoms with E-state index in [9.17, 15) is 37.8 Å². The number of amides is 2. The number of ether oxygens (including phenoxy) is 1. The molecular formula is C29H27F3N2O7. The molecule has 5 rings (SSSR count). The number of methoxy groups -OCH3 is 1. The van der Waals surface area contributed by atoms with Gasteiger partial charge in [0, 0.05) is 5.56 Å². The number of carbonyl (C=O) groups is 3. The molecule has 1 fully saturated rings. The van der Waals surface area contributed by atoms with Crippen molar-refractivity contribution in [3.63, 3.8) is 0 Å². The van der Waals surface area contributed by atoms with Crippen LogP contribution in [-0.4, -0.2) is 45.5 Å². The first-order chi connectivity index (χ1) is 19.4. The maximum atomic E-state index is 14.1. The Labute approximate surface area is 232 Å². The molecule has 1 atom stereocenters. The van der Waals surface area contributed by atoms with Gasteiger partial charge in [-0.3, -0.25) is 9.59 Å². The predicted octanol–water partition coefficient (Wildman–Crippen LogP) is 4.73. The van der Waals surface area contributed by atoms with Crippen LogP contribution in [0.25, 0.3) is 0 Å². The molecule has 2 amide bonds. The molecule has 3 N–H and O–H groups in total. The summed E-state index contributed by atoms with van der Waals surface area (Å²) >= 11 is 0. The van der Waals surface area contributed by atoms with Gasteiger partial charge in [0.25, 0.3) is 5.91 Å². The second-order valence-electron chi connectivity index (χ2n) is 10.2. The van der Waals surface area contributed by atoms with Crippen molar-refractivity contribution in [2.24, 2.45) is 0 Å². The Kier molecular flexibility index (Phi) is 7.06. The number of benzene rings is 2. The largest absolute Gasteiger partial charge is 0.497 e. The molecule has 0 radical (unpaired) electrons. The number of aliphatic hydroxyl groups is 1. The number of fused-ring (bicyclic) bond motifs is 1. The Hall–Kier alpha value is -4.32. The van der Waals surface area contributed by atoms with Crippen LogP contribution in [0.2, 0.25) is 0 Å². The van der Waals surface area contributed by atoms with Gasteiger partial charge in [-0.05, 0) is 54.8 Å². The zero-order chi connectivity index (χ0) is 29.6. The highest BCUT2D eigenvalue weighted by atomic mass is 19.4. The fourth-order valence-corrected chi connectivity index (χ4v) is 6.01. The molecule has 216 valence electrons. The number of furan rings is 1. The molecule has 0 bridgehead atoms. The van der Waals surface area contributed by atoms with Crippen molar-refractivity contribution in [3.8, 4) is 5.75 Å². The molecule has 3 aromatic rings. The summed E-state index contributed by atoms with van der Waals surface area (Å²) in [7, 11) is 1.47. The van der Waals surface area contributed by atoms with Crippen LogP contribution in [-0.2, 0) is 34.3 Å². The van der Waals surface area contributed by atoms with Gasteiger partial charge in [0.15, 0.2) is 0 Å². The predicted molar refractivity (Wildman–Crippen MR) is 138 cm³/mol. The number of carboxylic acid groups (broad SMARTS) is 1. The minimum Gasteiger partial charge on any atom is -0.497 e. The second-order valence-corrected chi connectivity index (χ2v) is 10.2. The number of nitrogens with zero attached hydrogens (tertiary/aromatic N) is 1. The summed E-state index contributed by atoms with van der Waals surface area (Å²) in [5, 5.41) is 24.8. The molecule has 41 heavy (non-hydrogen) atoms. The van der Waals surface area contributed by atoms with E-state index < -0.39 is 57.5 Å². The van der Waals surface area contributed by atoms with Gasteiger partial charge in [0.1, 0.15) is 11.5 Å². The van der Waals surface area contributed by atoms with Crippen LogP contribution in [0.3, 0.4) is 0 Å². The number of alkyl halides is 3. The maximum absolute atomic E-state index is 14.1. The van der Waals surface area contributed by atoms with Crippen LogP contribution in [0.1, 0.15) is 58.5 Å². The Morgan fingerprint density at radius 1 is 1.12 bits per heavy atom. The average molecular weight is 573 g/mol. The highest BCUT2D eigenvalue weighted by molar-refractivity contribution is 6.09. The van der Waals surface area contributed by atoms with Crippen LogP contribution in [0.5, 0.6) is 5.75 Å². The molecule has 2 aromatic carbocycles. The van der Waals surface area contributed by atoms with Gasteiger partial charge in [-0.2, -0.15) is 13.2 Å². The van der Waals surface area contributed by atoms with Crippen LogP contribution in [0.4, 0.5) is 18.9 Å². The van der Waals surface area contributed by atoms with Gasteiger partial charge in [0.2, 0.25) is 11.5 Å². The zero-order valence-electron chi connectivity index (χ0n) is 22.0. The van der Waals surface area contributed by atoms with Crippen LogP contribution >= 0.6 is 0 Å². The number of hydrogen-bond donors (Lipinski definition) is 3. The standard InChI is InChI=1S/C29H27F3N2O7/c1-40-19-8-6-17(7-9-19)13-23(35)33-22-15-18(29(30,31)32)14-21-24(22)25(36)34(16-20-5-4-12-41-20)27(10-2-3-11-27)28(21,39)26(37)38/h4-9,12,14-15,39H,2-3,10-11,13,16H2,1H3,(H,33,35)(H,37,38)/t28-/m1/s1. The van der Waals surface area contributed by atoms with Gasteiger partial charge in [-0.1, -0.05) is 25.0 Å². The maximum Gasteiger partial charge on any atom is 0.416 e. The Balaban J connectivity index is 1.67. The van der Waals surface area contributed by atoms with Crippen LogP contribution in [0.15, 0.2) is 59.2 Å². The first kappa shape index (κ1) is 28.2. The highest BCUT2D eigenvalue weighted by Crippen LogP contribution is 2.55. The van der Waals surface area contributed by atoms with E-state index in [0.29, 0.717) is 36.3 Å². The van der Waals surface area contributed by atoms with Crippen molar-refractivity contribution < 1.29 is 46.9 Å². The molecule has 1 spiro atoms. The molecule has 12 heteroatoms. The number of aliphatic carboxylic acids is 1. The first-order valence-electron chi connectivity index (χ1n) is 12.9. The summed E-state index contributed by atoms with van der Waals surface area (Å²) in [6, 6.07) is 10.6. The van der Waals surface area contributed by atoms with Gasteiger partial charge in [-0.25, -0.2) is 4.79 Å². The lowest BCUT2D eigenvalue weighted by molar-refractivity contribution is -0.182. The third-order valence-corrected chi connectivity index (χ3v) is 7.94. The number of anilines is 1. The highest BCUT2D eigenvalue weighted by Gasteiger charge is 2.66. The van der Waals surface area contributed by atoms with Gasteiger partial charge < -0.3 is 29.6 Å². The zero-order valence-corrected chi connectivity index (χ0v) is 22.0. The van der Waals surface area contributed by atoms with E-state index in [1.165, 1.54) is 18.3 Å². The van der Waals surface area contributed by atoms with Crippen molar-refractivity contribution in [2.45, 2.75) is 56.0 Å². The van der Waals surface area contributed by atoms with Gasteiger partial charge >= 0.3 is 12.1 Å². The van der Waals surface area contributed by atoms with Crippen LogP contribution in [0, 0.1) is 0 Å². The smallest absolute Gasteiger partial charge is 0.416 e. The molecule has 1 saturated carbocycles. The van der Waals surface area contributed by atoms with E-state index in [1.807, 2.05) is 0 Å². The lowest BCUT2D eigenvalue weighted by Gasteiger charge is -2.53. The van der Waals surface area contributed by atoms with Crippen molar-refractivity contribution in [2.75, 3.05) is 12.4 Å². The molecule has 1 aromatic heterocycles. The monoisotopic (exact) mass is 572 g/mol. The van der Waals surface area contributed by atoms with Gasteiger partial charge in [0.05, 0.1) is 48.7 Å². The summed E-state index contributed by atoms with van der Waals surface area (Å²) in [6.07, 6.45) is -2.90. The SMILES string of the molecule is COc1ccc(CC(=O)Nc2cc(C(F)(F)F)cc3c2C(=O)N(Cc2ccco2)C2(CCCC2)[C@]3(O)C(=O)O)cc1. The Morgan fingerprint density at radius 3 is 2.37 bits per heavy atom. The van der Waals surface area contributed by atoms with E-state index >= 15 is 0 Å². The molecular weight excluding hydrogens is 545 g/mol. The number of carbonyl (C=O) groups excluding carboxylic acids is 2. The Morgan fingerprint density at radius 2 is 1.80 bits per heavy atom. The third kappa shape index (κ3) is 4.71. The summed E-state index contributed by atoms with van der Waals surface area (Å²) in [4.78, 5) is 41.2. The first-order valence-corrected chi connectivity index (χ1v) is 12.9. The summed E-state index contributed by atoms with van der Waals surface area (Å²) in [6.45, 7) is -0.235. The number of rotatable bonds is 7. The lowest BCUT2D eigenvalue weighted by Crippen LogP contribution is -2.69. The van der Waals surface area contributed by atoms with E-state index in [4.69, 9.17) is 9.15 Å². The summed E-state index contributed by atoms with van der Waals surface area (Å²) in [5.74, 6) is -2.54. The lowest BCUT2D eigenvalue weighted by atomic mass is 9.67. The second kappa shape index (κ2) is 10.3. The van der Waals surface area contributed by atoms with Crippen molar-refractivity contribution in [1.82, 2.24) is 4.90 Å². The molecule has 9 nitrogen and oxygen atoms in total. The molecule has 0 unspecified atom stereocenters. The minimum atomic E-state index is -4.97. The molecule has 1 aliphatic carbocycles. The van der Waals surface area contributed by atoms with Crippen LogP contribution < -0.4 is 10.1 Å². The fraction of sp³-hybridized carbons (Fsp3) is 0.345. The molecule has 2 heterocycles. The number of nitrogens with one attached hydrogen (secondary N) is 1. The van der Waals surface area contributed by atoms with E-state index in [-0.39, 0.29) is 31.6 Å². The van der Waals surface area contributed by atoms with E-state index in [2.05, 4.69) is 5.32 Å². The number of hydrogen-bond acceptors (Lipinski definition) is 6. The quantitative estimate of drug-likeness (QED) is 0.373.